The van der Waals surface area contributed by atoms with Crippen LogP contribution in [0.5, 0.6) is 0 Å². The Morgan fingerprint density at radius 3 is 1.76 bits per heavy atom. The van der Waals surface area contributed by atoms with Crippen molar-refractivity contribution in [3.63, 3.8) is 0 Å². The standard InChI is InChI=1S/C10H11F7/c1-2-6-3-4-7(5-6)8(11,9(12,13)14)10(15,16)17/h4,6-7H,1-3,5H2. The summed E-state index contributed by atoms with van der Waals surface area (Å²) in [4.78, 5) is 0. The fraction of sp³-hybridized carbons (Fsp3) is 0.800. The lowest BCUT2D eigenvalue weighted by molar-refractivity contribution is -0.354. The highest BCUT2D eigenvalue weighted by Gasteiger charge is 2.76. The molecule has 0 N–H and O–H groups in total. The maximum atomic E-state index is 13.5. The Bertz CT molecular complexity index is 251. The van der Waals surface area contributed by atoms with Crippen LogP contribution in [0.1, 0.15) is 19.3 Å². The zero-order valence-corrected chi connectivity index (χ0v) is 8.71. The summed E-state index contributed by atoms with van der Waals surface area (Å²) in [6, 6.07) is 0. The number of halogens is 7. The van der Waals surface area contributed by atoms with Crippen molar-refractivity contribution in [3.05, 3.63) is 13.3 Å². The summed E-state index contributed by atoms with van der Waals surface area (Å²) in [6.07, 6.45) is -11.4. The molecule has 0 bridgehead atoms. The highest BCUT2D eigenvalue weighted by Crippen LogP contribution is 2.55. The van der Waals surface area contributed by atoms with E-state index in [1.165, 1.54) is 0 Å². The van der Waals surface area contributed by atoms with Gasteiger partial charge in [-0.15, -0.1) is 0 Å². The summed E-state index contributed by atoms with van der Waals surface area (Å²) in [5.74, 6) is -2.59. The lowest BCUT2D eigenvalue weighted by atomic mass is 9.85. The van der Waals surface area contributed by atoms with E-state index < -0.39 is 36.3 Å². The fourth-order valence-corrected chi connectivity index (χ4v) is 2.05. The average molecular weight is 264 g/mol. The molecule has 0 aromatic carbocycles. The monoisotopic (exact) mass is 264 g/mol. The van der Waals surface area contributed by atoms with Gasteiger partial charge in [-0.1, -0.05) is 13.3 Å². The molecule has 100 valence electrons. The summed E-state index contributed by atoms with van der Waals surface area (Å²) >= 11 is 0. The molecule has 1 saturated carbocycles. The molecule has 2 radical (unpaired) electrons. The normalized spacial score (nSPS) is 27.5. The first kappa shape index (κ1) is 14.6. The Balaban J connectivity index is 3.02. The predicted molar refractivity (Wildman–Crippen MR) is 46.4 cm³/mol. The first-order valence-electron chi connectivity index (χ1n) is 4.99. The van der Waals surface area contributed by atoms with E-state index in [2.05, 4.69) is 6.92 Å². The van der Waals surface area contributed by atoms with Crippen molar-refractivity contribution in [2.24, 2.45) is 11.8 Å². The smallest absolute Gasteiger partial charge is 0.223 e. The van der Waals surface area contributed by atoms with E-state index >= 15 is 0 Å². The molecule has 2 unspecified atom stereocenters. The van der Waals surface area contributed by atoms with Gasteiger partial charge in [0.15, 0.2) is 0 Å². The molecule has 0 aliphatic heterocycles. The molecule has 0 aromatic rings. The van der Waals surface area contributed by atoms with Crippen molar-refractivity contribution in [2.75, 3.05) is 0 Å². The Kier molecular flexibility index (Phi) is 3.70. The summed E-state index contributed by atoms with van der Waals surface area (Å²) in [6.45, 7) is 3.40. The molecular weight excluding hydrogens is 253 g/mol. The van der Waals surface area contributed by atoms with Crippen molar-refractivity contribution in [3.8, 4) is 0 Å². The molecule has 0 heterocycles. The van der Waals surface area contributed by atoms with Gasteiger partial charge in [0.25, 0.3) is 0 Å². The molecule has 7 heteroatoms. The van der Waals surface area contributed by atoms with Gasteiger partial charge in [-0.2, -0.15) is 26.3 Å². The minimum Gasteiger partial charge on any atom is -0.223 e. The second-order valence-corrected chi connectivity index (χ2v) is 4.18. The topological polar surface area (TPSA) is 0 Å². The molecular formula is C10H11F7. The van der Waals surface area contributed by atoms with Crippen LogP contribution in [0.3, 0.4) is 0 Å². The van der Waals surface area contributed by atoms with Gasteiger partial charge >= 0.3 is 18.0 Å². The predicted octanol–water partition coefficient (Wildman–Crippen LogP) is 4.27. The van der Waals surface area contributed by atoms with Gasteiger partial charge < -0.3 is 0 Å². The Hall–Kier alpha value is -0.490. The van der Waals surface area contributed by atoms with E-state index in [-0.39, 0.29) is 12.8 Å². The Labute approximate surface area is 94.2 Å². The molecule has 0 nitrogen and oxygen atoms in total. The average Bonchev–Trinajstić information content (AvgIpc) is 2.61. The summed E-state index contributed by atoms with van der Waals surface area (Å²) in [5.41, 5.74) is -5.15. The minimum absolute atomic E-state index is 0.0337. The third-order valence-corrected chi connectivity index (χ3v) is 3.09. The summed E-state index contributed by atoms with van der Waals surface area (Å²) in [7, 11) is 0. The van der Waals surface area contributed by atoms with E-state index in [1.54, 1.807) is 0 Å². The second-order valence-electron chi connectivity index (χ2n) is 4.18. The number of hydrogen-bond acceptors (Lipinski definition) is 0. The molecule has 2 atom stereocenters. The fourth-order valence-electron chi connectivity index (χ4n) is 2.05. The van der Waals surface area contributed by atoms with Crippen LogP contribution < -0.4 is 0 Å². The summed E-state index contributed by atoms with van der Waals surface area (Å²) < 4.78 is 87.6. The quantitative estimate of drug-likeness (QED) is 0.653. The SMILES string of the molecule is [CH2]CC1C[CH]C(C(F)(C(F)(F)F)C(F)(F)F)C1. The Morgan fingerprint density at radius 2 is 1.47 bits per heavy atom. The van der Waals surface area contributed by atoms with Crippen molar-refractivity contribution < 1.29 is 30.7 Å². The highest BCUT2D eigenvalue weighted by atomic mass is 19.4. The molecule has 0 amide bonds. The highest BCUT2D eigenvalue weighted by molar-refractivity contribution is 5.08. The van der Waals surface area contributed by atoms with Gasteiger partial charge in [-0.25, -0.2) is 4.39 Å². The van der Waals surface area contributed by atoms with Crippen LogP contribution in [0, 0.1) is 25.2 Å². The van der Waals surface area contributed by atoms with Crippen LogP contribution >= 0.6 is 0 Å². The van der Waals surface area contributed by atoms with Crippen LogP contribution in [0.25, 0.3) is 0 Å². The van der Waals surface area contributed by atoms with Crippen molar-refractivity contribution in [1.29, 1.82) is 0 Å². The minimum atomic E-state index is -5.96. The van der Waals surface area contributed by atoms with Crippen LogP contribution in [0.4, 0.5) is 30.7 Å². The molecule has 1 rings (SSSR count). The van der Waals surface area contributed by atoms with Crippen LogP contribution in [0.15, 0.2) is 0 Å². The molecule has 0 aromatic heterocycles. The van der Waals surface area contributed by atoms with Gasteiger partial charge in [0.05, 0.1) is 0 Å². The largest absolute Gasteiger partial charge is 0.431 e. The molecule has 0 spiro atoms. The van der Waals surface area contributed by atoms with E-state index in [0.29, 0.717) is 0 Å². The van der Waals surface area contributed by atoms with Crippen molar-refractivity contribution >= 4 is 0 Å². The first-order chi connectivity index (χ1) is 7.54. The van der Waals surface area contributed by atoms with Crippen LogP contribution in [-0.4, -0.2) is 18.0 Å². The van der Waals surface area contributed by atoms with Gasteiger partial charge in [0.2, 0.25) is 0 Å². The maximum Gasteiger partial charge on any atom is 0.431 e. The van der Waals surface area contributed by atoms with E-state index in [0.717, 1.165) is 6.42 Å². The number of alkyl halides is 7. The van der Waals surface area contributed by atoms with E-state index in [4.69, 9.17) is 0 Å². The third kappa shape index (κ3) is 2.38. The Morgan fingerprint density at radius 1 is 1.00 bits per heavy atom. The first-order valence-corrected chi connectivity index (χ1v) is 4.99. The second kappa shape index (κ2) is 4.31. The zero-order chi connectivity index (χ0) is 13.5. The van der Waals surface area contributed by atoms with Crippen molar-refractivity contribution in [2.45, 2.75) is 37.3 Å². The van der Waals surface area contributed by atoms with Gasteiger partial charge in [-0.3, -0.25) is 0 Å². The van der Waals surface area contributed by atoms with Crippen LogP contribution in [0.2, 0.25) is 0 Å². The lowest BCUT2D eigenvalue weighted by Gasteiger charge is -2.34. The molecule has 1 fully saturated rings. The molecule has 17 heavy (non-hydrogen) atoms. The lowest BCUT2D eigenvalue weighted by Crippen LogP contribution is -2.57. The number of rotatable bonds is 2. The van der Waals surface area contributed by atoms with Gasteiger partial charge in [0, 0.05) is 5.92 Å². The summed E-state index contributed by atoms with van der Waals surface area (Å²) in [5, 5.41) is 0. The van der Waals surface area contributed by atoms with E-state index in [1.807, 2.05) is 0 Å². The van der Waals surface area contributed by atoms with Crippen molar-refractivity contribution in [1.82, 2.24) is 0 Å². The molecule has 1 aliphatic rings. The molecule has 0 saturated heterocycles. The number of hydrogen-bond donors (Lipinski definition) is 0. The van der Waals surface area contributed by atoms with Gasteiger partial charge in [-0.05, 0) is 25.2 Å². The zero-order valence-electron chi connectivity index (χ0n) is 8.71. The van der Waals surface area contributed by atoms with E-state index in [9.17, 15) is 30.7 Å². The van der Waals surface area contributed by atoms with Crippen LogP contribution in [-0.2, 0) is 0 Å². The molecule has 1 aliphatic carbocycles. The third-order valence-electron chi connectivity index (χ3n) is 3.09. The maximum absolute atomic E-state index is 13.5. The van der Waals surface area contributed by atoms with Gasteiger partial charge in [0.1, 0.15) is 0 Å².